The summed E-state index contributed by atoms with van der Waals surface area (Å²) in [4.78, 5) is 23.6. The van der Waals surface area contributed by atoms with Crippen molar-refractivity contribution in [1.82, 2.24) is 10.6 Å². The molecule has 0 fully saturated rings. The number of methoxy groups -OCH3 is 1. The minimum atomic E-state index is -0.581. The number of hydrogen-bond acceptors (Lipinski definition) is 3. The van der Waals surface area contributed by atoms with Crippen molar-refractivity contribution in [3.63, 3.8) is 0 Å². The van der Waals surface area contributed by atoms with Crippen molar-refractivity contribution in [3.8, 4) is 5.75 Å². The Kier molecular flexibility index (Phi) is 7.33. The number of allylic oxidation sites excluding steroid dienone is 1. The van der Waals surface area contributed by atoms with Gasteiger partial charge in [-0.3, -0.25) is 9.59 Å². The first-order chi connectivity index (χ1) is 11.7. The molecular weight excluding hydrogens is 304 g/mol. The third kappa shape index (κ3) is 5.72. The largest absolute Gasteiger partial charge is 0.496 e. The first kappa shape index (κ1) is 18.0. The molecule has 2 amide bonds. The van der Waals surface area contributed by atoms with Gasteiger partial charge in [-0.2, -0.15) is 0 Å². The molecule has 0 aliphatic heterocycles. The number of nitrogens with one attached hydrogen (secondary N) is 2. The van der Waals surface area contributed by atoms with Crippen molar-refractivity contribution in [3.05, 3.63) is 41.5 Å². The molecule has 2 rings (SSSR count). The molecule has 5 heteroatoms. The summed E-state index contributed by atoms with van der Waals surface area (Å²) >= 11 is 0. The minimum Gasteiger partial charge on any atom is -0.496 e. The Morgan fingerprint density at radius 3 is 2.42 bits per heavy atom. The van der Waals surface area contributed by atoms with Crippen LogP contribution in [0.3, 0.4) is 0 Å². The number of amides is 2. The smallest absolute Gasteiger partial charge is 0.309 e. The van der Waals surface area contributed by atoms with Crippen LogP contribution in [0.5, 0.6) is 5.75 Å². The first-order valence-electron chi connectivity index (χ1n) is 8.56. The molecule has 1 aromatic rings. The molecule has 0 aromatic heterocycles. The van der Waals surface area contributed by atoms with E-state index in [1.165, 1.54) is 18.4 Å². The Balaban J connectivity index is 1.66. The van der Waals surface area contributed by atoms with E-state index in [4.69, 9.17) is 4.74 Å². The third-order valence-electron chi connectivity index (χ3n) is 4.20. The van der Waals surface area contributed by atoms with Gasteiger partial charge in [0.15, 0.2) is 0 Å². The second kappa shape index (κ2) is 9.75. The Morgan fingerprint density at radius 2 is 1.75 bits per heavy atom. The van der Waals surface area contributed by atoms with Crippen molar-refractivity contribution in [2.75, 3.05) is 20.2 Å². The van der Waals surface area contributed by atoms with Crippen LogP contribution >= 0.6 is 0 Å². The van der Waals surface area contributed by atoms with Gasteiger partial charge in [-0.25, -0.2) is 0 Å². The molecule has 0 bridgehead atoms. The number of hydrogen-bond donors (Lipinski definition) is 2. The van der Waals surface area contributed by atoms with Crippen LogP contribution in [0.2, 0.25) is 0 Å². The molecular formula is C19H26N2O3. The summed E-state index contributed by atoms with van der Waals surface area (Å²) in [5.74, 6) is -0.356. The summed E-state index contributed by atoms with van der Waals surface area (Å²) in [5, 5.41) is 5.33. The maximum atomic E-state index is 11.8. The number of carbonyl (C=O) groups is 2. The van der Waals surface area contributed by atoms with Crippen molar-refractivity contribution in [1.29, 1.82) is 0 Å². The van der Waals surface area contributed by atoms with E-state index < -0.39 is 11.8 Å². The van der Waals surface area contributed by atoms with E-state index in [1.807, 2.05) is 24.3 Å². The van der Waals surface area contributed by atoms with E-state index in [0.717, 1.165) is 30.6 Å². The predicted molar refractivity (Wildman–Crippen MR) is 93.9 cm³/mol. The van der Waals surface area contributed by atoms with Crippen LogP contribution in [-0.2, 0) is 16.0 Å². The van der Waals surface area contributed by atoms with Gasteiger partial charge in [0, 0.05) is 13.1 Å². The zero-order chi connectivity index (χ0) is 17.2. The van der Waals surface area contributed by atoms with Crippen LogP contribution in [-0.4, -0.2) is 32.0 Å². The van der Waals surface area contributed by atoms with Crippen LogP contribution < -0.4 is 15.4 Å². The number of para-hydroxylation sites is 1. The van der Waals surface area contributed by atoms with E-state index in [2.05, 4.69) is 16.7 Å². The maximum absolute atomic E-state index is 11.8. The molecule has 0 saturated heterocycles. The highest BCUT2D eigenvalue weighted by molar-refractivity contribution is 6.35. The fourth-order valence-electron chi connectivity index (χ4n) is 2.85. The van der Waals surface area contributed by atoms with Gasteiger partial charge < -0.3 is 15.4 Å². The average molecular weight is 330 g/mol. The molecule has 24 heavy (non-hydrogen) atoms. The van der Waals surface area contributed by atoms with E-state index in [9.17, 15) is 9.59 Å². The lowest BCUT2D eigenvalue weighted by Gasteiger charge is -2.13. The van der Waals surface area contributed by atoms with E-state index in [-0.39, 0.29) is 0 Å². The number of rotatable bonds is 7. The van der Waals surface area contributed by atoms with Gasteiger partial charge in [-0.1, -0.05) is 29.8 Å². The zero-order valence-corrected chi connectivity index (χ0v) is 14.3. The maximum Gasteiger partial charge on any atom is 0.309 e. The Morgan fingerprint density at radius 1 is 1.04 bits per heavy atom. The Labute approximate surface area is 143 Å². The van der Waals surface area contributed by atoms with Gasteiger partial charge in [0.2, 0.25) is 0 Å². The van der Waals surface area contributed by atoms with E-state index in [1.54, 1.807) is 7.11 Å². The standard InChI is InChI=1S/C19H26N2O3/c1-24-17-10-6-5-9-16(17)12-14-21-19(23)18(22)20-13-11-15-7-3-2-4-8-15/h5-7,9-10H,2-4,8,11-14H2,1H3,(H,20,22)(H,21,23). The van der Waals surface area contributed by atoms with Crippen LogP contribution in [0.1, 0.15) is 37.7 Å². The van der Waals surface area contributed by atoms with Crippen LogP contribution in [0.4, 0.5) is 0 Å². The van der Waals surface area contributed by atoms with E-state index in [0.29, 0.717) is 19.5 Å². The first-order valence-corrected chi connectivity index (χ1v) is 8.56. The quantitative estimate of drug-likeness (QED) is 0.596. The highest BCUT2D eigenvalue weighted by Crippen LogP contribution is 2.19. The average Bonchev–Trinajstić information content (AvgIpc) is 2.62. The summed E-state index contributed by atoms with van der Waals surface area (Å²) in [6, 6.07) is 7.65. The molecule has 0 spiro atoms. The van der Waals surface area contributed by atoms with Crippen molar-refractivity contribution in [2.45, 2.75) is 38.5 Å². The summed E-state index contributed by atoms with van der Waals surface area (Å²) in [6.07, 6.45) is 8.43. The zero-order valence-electron chi connectivity index (χ0n) is 14.3. The molecule has 1 aliphatic carbocycles. The summed E-state index contributed by atoms with van der Waals surface area (Å²) in [5.41, 5.74) is 2.39. The van der Waals surface area contributed by atoms with Crippen LogP contribution in [0, 0.1) is 0 Å². The Hall–Kier alpha value is -2.30. The van der Waals surface area contributed by atoms with Crippen molar-refractivity contribution in [2.24, 2.45) is 0 Å². The lowest BCUT2D eigenvalue weighted by atomic mass is 9.97. The molecule has 0 radical (unpaired) electrons. The molecule has 0 atom stereocenters. The second-order valence-electron chi connectivity index (χ2n) is 5.93. The second-order valence-corrected chi connectivity index (χ2v) is 5.93. The van der Waals surface area contributed by atoms with Gasteiger partial charge in [0.05, 0.1) is 7.11 Å². The van der Waals surface area contributed by atoms with Crippen LogP contribution in [0.15, 0.2) is 35.9 Å². The predicted octanol–water partition coefficient (Wildman–Crippen LogP) is 2.36. The lowest BCUT2D eigenvalue weighted by Crippen LogP contribution is -2.41. The molecule has 0 saturated carbocycles. The van der Waals surface area contributed by atoms with Gasteiger partial charge in [-0.05, 0) is 50.2 Å². The van der Waals surface area contributed by atoms with Gasteiger partial charge in [-0.15, -0.1) is 0 Å². The normalized spacial score (nSPS) is 13.8. The third-order valence-corrected chi connectivity index (χ3v) is 4.20. The molecule has 0 heterocycles. The van der Waals surface area contributed by atoms with Gasteiger partial charge in [0.1, 0.15) is 5.75 Å². The Bertz CT molecular complexity index is 596. The highest BCUT2D eigenvalue weighted by atomic mass is 16.5. The molecule has 130 valence electrons. The topological polar surface area (TPSA) is 67.4 Å². The monoisotopic (exact) mass is 330 g/mol. The van der Waals surface area contributed by atoms with Crippen molar-refractivity contribution >= 4 is 11.8 Å². The number of ether oxygens (including phenoxy) is 1. The lowest BCUT2D eigenvalue weighted by molar-refractivity contribution is -0.139. The molecule has 0 unspecified atom stereocenters. The fourth-order valence-corrected chi connectivity index (χ4v) is 2.85. The van der Waals surface area contributed by atoms with Crippen molar-refractivity contribution < 1.29 is 14.3 Å². The molecule has 5 nitrogen and oxygen atoms in total. The number of carbonyl (C=O) groups excluding carboxylic acids is 2. The van der Waals surface area contributed by atoms with Gasteiger partial charge >= 0.3 is 11.8 Å². The molecule has 2 N–H and O–H groups in total. The molecule has 1 aliphatic rings. The van der Waals surface area contributed by atoms with Gasteiger partial charge in [0.25, 0.3) is 0 Å². The SMILES string of the molecule is COc1ccccc1CCNC(=O)C(=O)NCCC1=CCCCC1. The minimum absolute atomic E-state index is 0.401. The summed E-state index contributed by atoms with van der Waals surface area (Å²) in [6.45, 7) is 0.919. The van der Waals surface area contributed by atoms with Crippen LogP contribution in [0.25, 0.3) is 0 Å². The highest BCUT2D eigenvalue weighted by Gasteiger charge is 2.13. The summed E-state index contributed by atoms with van der Waals surface area (Å²) in [7, 11) is 1.62. The van der Waals surface area contributed by atoms with E-state index >= 15 is 0 Å². The fraction of sp³-hybridized carbons (Fsp3) is 0.474. The number of benzene rings is 1. The summed E-state index contributed by atoms with van der Waals surface area (Å²) < 4.78 is 5.26. The molecule has 1 aromatic carbocycles.